The maximum Gasteiger partial charge on any atom is -0.0417 e. The standard InChI is InChI=1S/C22H46/c1-9-10-18(4)12-14-20(6)22(8)16-15-21(7)19(5)13-11-17(2)3/h17-22H,9-16H2,1-8H3. The minimum absolute atomic E-state index is 0.860. The van der Waals surface area contributed by atoms with Gasteiger partial charge in [0.2, 0.25) is 0 Å². The van der Waals surface area contributed by atoms with Crippen LogP contribution in [0.15, 0.2) is 0 Å². The molecule has 0 rings (SSSR count). The highest BCUT2D eigenvalue weighted by molar-refractivity contribution is 4.69. The van der Waals surface area contributed by atoms with E-state index in [1.807, 2.05) is 0 Å². The third-order valence-electron chi connectivity index (χ3n) is 6.12. The lowest BCUT2D eigenvalue weighted by Crippen LogP contribution is -2.14. The SMILES string of the molecule is CCCC(C)CCC(C)C(C)CCC(C)C(C)CCC(C)C. The van der Waals surface area contributed by atoms with Crippen LogP contribution < -0.4 is 0 Å². The summed E-state index contributed by atoms with van der Waals surface area (Å²) in [7, 11) is 0. The number of hydrogen-bond acceptors (Lipinski definition) is 0. The Morgan fingerprint density at radius 1 is 0.455 bits per heavy atom. The van der Waals surface area contributed by atoms with E-state index in [-0.39, 0.29) is 0 Å². The molecule has 5 unspecified atom stereocenters. The monoisotopic (exact) mass is 310 g/mol. The van der Waals surface area contributed by atoms with Crippen LogP contribution in [-0.4, -0.2) is 0 Å². The van der Waals surface area contributed by atoms with Gasteiger partial charge in [0.1, 0.15) is 0 Å². The molecule has 0 saturated heterocycles. The average Bonchev–Trinajstić information content (AvgIpc) is 2.47. The first-order valence-electron chi connectivity index (χ1n) is 10.3. The summed E-state index contributed by atoms with van der Waals surface area (Å²) in [5, 5.41) is 0. The summed E-state index contributed by atoms with van der Waals surface area (Å²) in [5.41, 5.74) is 0. The smallest absolute Gasteiger partial charge is 0.0417 e. The van der Waals surface area contributed by atoms with Gasteiger partial charge in [0.25, 0.3) is 0 Å². The molecule has 0 radical (unpaired) electrons. The Hall–Kier alpha value is 0. The molecule has 0 amide bonds. The fraction of sp³-hybridized carbons (Fsp3) is 1.00. The van der Waals surface area contributed by atoms with E-state index < -0.39 is 0 Å². The summed E-state index contributed by atoms with van der Waals surface area (Å²) in [5.74, 6) is 5.38. The summed E-state index contributed by atoms with van der Waals surface area (Å²) < 4.78 is 0. The van der Waals surface area contributed by atoms with Gasteiger partial charge in [-0.2, -0.15) is 0 Å². The Labute approximate surface area is 142 Å². The molecule has 0 nitrogen and oxygen atoms in total. The topological polar surface area (TPSA) is 0 Å². The van der Waals surface area contributed by atoms with Crippen molar-refractivity contribution in [3.8, 4) is 0 Å². The largest absolute Gasteiger partial charge is 0.0654 e. The summed E-state index contributed by atoms with van der Waals surface area (Å²) in [4.78, 5) is 0. The molecule has 0 aromatic carbocycles. The highest BCUT2D eigenvalue weighted by Crippen LogP contribution is 2.29. The van der Waals surface area contributed by atoms with Crippen LogP contribution in [0.5, 0.6) is 0 Å². The van der Waals surface area contributed by atoms with Crippen LogP contribution in [0.25, 0.3) is 0 Å². The van der Waals surface area contributed by atoms with Crippen molar-refractivity contribution in [1.29, 1.82) is 0 Å². The van der Waals surface area contributed by atoms with Gasteiger partial charge in [0, 0.05) is 0 Å². The second-order valence-corrected chi connectivity index (χ2v) is 8.93. The van der Waals surface area contributed by atoms with Crippen molar-refractivity contribution in [2.75, 3.05) is 0 Å². The quantitative estimate of drug-likeness (QED) is 0.323. The van der Waals surface area contributed by atoms with E-state index in [4.69, 9.17) is 0 Å². The molecule has 0 N–H and O–H groups in total. The highest BCUT2D eigenvalue weighted by Gasteiger charge is 2.17. The van der Waals surface area contributed by atoms with Crippen LogP contribution in [0.4, 0.5) is 0 Å². The van der Waals surface area contributed by atoms with Crippen molar-refractivity contribution in [3.63, 3.8) is 0 Å². The summed E-state index contributed by atoms with van der Waals surface area (Å²) in [6.45, 7) is 19.3. The first kappa shape index (κ1) is 22.0. The Morgan fingerprint density at radius 3 is 1.18 bits per heavy atom. The average molecular weight is 311 g/mol. The first-order valence-corrected chi connectivity index (χ1v) is 10.3. The molecule has 0 aliphatic heterocycles. The van der Waals surface area contributed by atoms with Gasteiger partial charge in [-0.15, -0.1) is 0 Å². The number of hydrogen-bond donors (Lipinski definition) is 0. The van der Waals surface area contributed by atoms with Gasteiger partial charge in [-0.3, -0.25) is 0 Å². The zero-order chi connectivity index (χ0) is 17.1. The molecule has 0 saturated carbocycles. The van der Waals surface area contributed by atoms with E-state index in [0.717, 1.165) is 35.5 Å². The normalized spacial score (nSPS) is 19.0. The molecular formula is C22H46. The van der Waals surface area contributed by atoms with E-state index in [2.05, 4.69) is 55.4 Å². The molecular weight excluding hydrogens is 264 g/mol. The lowest BCUT2D eigenvalue weighted by atomic mass is 9.80. The molecule has 0 bridgehead atoms. The van der Waals surface area contributed by atoms with Crippen molar-refractivity contribution >= 4 is 0 Å². The van der Waals surface area contributed by atoms with Crippen LogP contribution in [0.3, 0.4) is 0 Å². The molecule has 0 heterocycles. The predicted octanol–water partition coefficient (Wildman–Crippen LogP) is 7.96. The summed E-state index contributed by atoms with van der Waals surface area (Å²) in [6.07, 6.45) is 11.3. The molecule has 22 heavy (non-hydrogen) atoms. The third-order valence-corrected chi connectivity index (χ3v) is 6.12. The molecule has 0 spiro atoms. The molecule has 0 aliphatic rings. The first-order chi connectivity index (χ1) is 10.3. The predicted molar refractivity (Wildman–Crippen MR) is 103 cm³/mol. The molecule has 0 aromatic rings. The van der Waals surface area contributed by atoms with E-state index in [1.54, 1.807) is 0 Å². The lowest BCUT2D eigenvalue weighted by Gasteiger charge is -2.25. The van der Waals surface area contributed by atoms with Crippen LogP contribution in [0.2, 0.25) is 0 Å². The summed E-state index contributed by atoms with van der Waals surface area (Å²) >= 11 is 0. The van der Waals surface area contributed by atoms with Crippen LogP contribution in [0.1, 0.15) is 107 Å². The van der Waals surface area contributed by atoms with E-state index in [0.29, 0.717) is 0 Å². The van der Waals surface area contributed by atoms with Crippen molar-refractivity contribution < 1.29 is 0 Å². The van der Waals surface area contributed by atoms with Crippen molar-refractivity contribution in [2.45, 2.75) is 107 Å². The van der Waals surface area contributed by atoms with Crippen molar-refractivity contribution in [1.82, 2.24) is 0 Å². The molecule has 5 atom stereocenters. The van der Waals surface area contributed by atoms with Crippen molar-refractivity contribution in [2.24, 2.45) is 35.5 Å². The summed E-state index contributed by atoms with van der Waals surface area (Å²) in [6, 6.07) is 0. The number of rotatable bonds is 13. The zero-order valence-corrected chi connectivity index (χ0v) is 17.1. The molecule has 134 valence electrons. The zero-order valence-electron chi connectivity index (χ0n) is 17.1. The van der Waals surface area contributed by atoms with Gasteiger partial charge in [-0.25, -0.2) is 0 Å². The van der Waals surface area contributed by atoms with Gasteiger partial charge in [0.15, 0.2) is 0 Å². The molecule has 0 aromatic heterocycles. The Morgan fingerprint density at radius 2 is 0.818 bits per heavy atom. The van der Waals surface area contributed by atoms with Crippen molar-refractivity contribution in [3.05, 3.63) is 0 Å². The highest BCUT2D eigenvalue weighted by atomic mass is 14.2. The minimum atomic E-state index is 0.860. The fourth-order valence-electron chi connectivity index (χ4n) is 3.44. The van der Waals surface area contributed by atoms with E-state index in [9.17, 15) is 0 Å². The molecule has 0 heteroatoms. The van der Waals surface area contributed by atoms with Gasteiger partial charge in [-0.05, 0) is 35.5 Å². The van der Waals surface area contributed by atoms with Gasteiger partial charge in [-0.1, -0.05) is 107 Å². The molecule has 0 fully saturated rings. The Bertz CT molecular complexity index is 242. The third kappa shape index (κ3) is 10.7. The van der Waals surface area contributed by atoms with Crippen LogP contribution in [-0.2, 0) is 0 Å². The van der Waals surface area contributed by atoms with E-state index in [1.165, 1.54) is 51.4 Å². The lowest BCUT2D eigenvalue weighted by molar-refractivity contribution is 0.259. The van der Waals surface area contributed by atoms with E-state index >= 15 is 0 Å². The van der Waals surface area contributed by atoms with Gasteiger partial charge in [0.05, 0.1) is 0 Å². The second kappa shape index (κ2) is 12.4. The minimum Gasteiger partial charge on any atom is -0.0654 e. The maximum atomic E-state index is 2.49. The molecule has 0 aliphatic carbocycles. The van der Waals surface area contributed by atoms with Gasteiger partial charge < -0.3 is 0 Å². The van der Waals surface area contributed by atoms with Crippen LogP contribution in [0, 0.1) is 35.5 Å². The Balaban J connectivity index is 3.92. The second-order valence-electron chi connectivity index (χ2n) is 8.93. The fourth-order valence-corrected chi connectivity index (χ4v) is 3.44. The maximum absolute atomic E-state index is 2.49. The van der Waals surface area contributed by atoms with Gasteiger partial charge >= 0.3 is 0 Å². The van der Waals surface area contributed by atoms with Crippen LogP contribution >= 0.6 is 0 Å². The Kier molecular flexibility index (Phi) is 12.4.